The third-order valence-corrected chi connectivity index (χ3v) is 4.65. The van der Waals surface area contributed by atoms with E-state index < -0.39 is 0 Å². The van der Waals surface area contributed by atoms with Gasteiger partial charge in [-0.15, -0.1) is 0 Å². The molecule has 0 bridgehead atoms. The molecule has 0 radical (unpaired) electrons. The highest BCUT2D eigenvalue weighted by molar-refractivity contribution is 6.32. The van der Waals surface area contributed by atoms with Gasteiger partial charge in [-0.05, 0) is 37.1 Å². The van der Waals surface area contributed by atoms with Crippen LogP contribution in [0, 0.1) is 13.8 Å². The number of nitrogens with zero attached hydrogens (tertiary/aromatic N) is 1. The Hall–Kier alpha value is -2.81. The van der Waals surface area contributed by atoms with Crippen LogP contribution in [0.2, 0.25) is 0 Å². The standard InChI is InChI=1S/C20H18N2O.C2H6/c1-11-5-7-14-16(9-11)21-20(23)19(14)18-13(3)22(4)17-10-12(2)6-8-15(17)18;1-2/h5-10H,3H2,1-2,4H3,(H,21,23);1-2H3/b19-18-;. The minimum absolute atomic E-state index is 0.0522. The largest absolute Gasteiger partial charge is 0.344 e. The second-order valence-electron chi connectivity index (χ2n) is 6.28. The highest BCUT2D eigenvalue weighted by Crippen LogP contribution is 2.31. The van der Waals surface area contributed by atoms with Crippen LogP contribution in [0.25, 0.3) is 23.1 Å². The number of amides is 1. The van der Waals surface area contributed by atoms with E-state index in [0.717, 1.165) is 43.9 Å². The number of anilines is 1. The number of carbonyl (C=O) groups is 1. The van der Waals surface area contributed by atoms with E-state index in [-0.39, 0.29) is 5.91 Å². The Morgan fingerprint density at radius 2 is 1.64 bits per heavy atom. The molecule has 0 fully saturated rings. The van der Waals surface area contributed by atoms with Crippen molar-refractivity contribution >= 4 is 34.6 Å². The van der Waals surface area contributed by atoms with Crippen molar-refractivity contribution in [2.45, 2.75) is 27.7 Å². The van der Waals surface area contributed by atoms with Crippen molar-refractivity contribution in [2.75, 3.05) is 5.32 Å². The fourth-order valence-corrected chi connectivity index (χ4v) is 3.41. The maximum Gasteiger partial charge on any atom is 0.257 e. The topological polar surface area (TPSA) is 34.0 Å². The molecule has 0 unspecified atom stereocenters. The van der Waals surface area contributed by atoms with Gasteiger partial charge in [0.05, 0.1) is 5.57 Å². The van der Waals surface area contributed by atoms with Crippen LogP contribution >= 0.6 is 0 Å². The van der Waals surface area contributed by atoms with Gasteiger partial charge in [0.25, 0.3) is 5.91 Å². The van der Waals surface area contributed by atoms with Gasteiger partial charge < -0.3 is 9.88 Å². The lowest BCUT2D eigenvalue weighted by molar-refractivity contribution is -0.110. The summed E-state index contributed by atoms with van der Waals surface area (Å²) >= 11 is 0. The van der Waals surface area contributed by atoms with E-state index in [1.807, 2.05) is 46.0 Å². The van der Waals surface area contributed by atoms with Crippen LogP contribution < -0.4 is 15.9 Å². The smallest absolute Gasteiger partial charge is 0.257 e. The number of fused-ring (bicyclic) bond motifs is 2. The molecule has 1 amide bonds. The van der Waals surface area contributed by atoms with E-state index in [0.29, 0.717) is 0 Å². The molecular formula is C22H24N2O. The number of hydrogen-bond acceptors (Lipinski definition) is 1. The third kappa shape index (κ3) is 2.56. The van der Waals surface area contributed by atoms with Gasteiger partial charge in [-0.1, -0.05) is 44.7 Å². The van der Waals surface area contributed by atoms with Crippen LogP contribution in [0.4, 0.5) is 5.69 Å². The summed E-state index contributed by atoms with van der Waals surface area (Å²) in [4.78, 5) is 12.6. The summed E-state index contributed by atoms with van der Waals surface area (Å²) in [5.41, 5.74) is 5.99. The lowest BCUT2D eigenvalue weighted by Crippen LogP contribution is -2.30. The molecule has 2 aromatic carbocycles. The van der Waals surface area contributed by atoms with E-state index >= 15 is 0 Å². The number of aromatic nitrogens is 1. The van der Waals surface area contributed by atoms with Crippen molar-refractivity contribution in [2.24, 2.45) is 7.05 Å². The van der Waals surface area contributed by atoms with E-state index in [9.17, 15) is 4.79 Å². The summed E-state index contributed by atoms with van der Waals surface area (Å²) < 4.78 is 2.06. The molecule has 1 aliphatic rings. The molecule has 0 saturated heterocycles. The van der Waals surface area contributed by atoms with E-state index in [2.05, 4.69) is 41.6 Å². The molecule has 0 atom stereocenters. The summed E-state index contributed by atoms with van der Waals surface area (Å²) in [6, 6.07) is 12.4. The fourth-order valence-electron chi connectivity index (χ4n) is 3.41. The first-order chi connectivity index (χ1) is 12.0. The summed E-state index contributed by atoms with van der Waals surface area (Å²) in [6.07, 6.45) is 0. The third-order valence-electron chi connectivity index (χ3n) is 4.65. The van der Waals surface area contributed by atoms with Crippen LogP contribution in [0.3, 0.4) is 0 Å². The molecule has 0 saturated carbocycles. The van der Waals surface area contributed by atoms with Gasteiger partial charge in [0.15, 0.2) is 0 Å². The SMILES string of the molecule is C=c1/c(=C2/C(=O)Nc3cc(C)ccc32)c2ccc(C)cc2n1C.CC. The number of rotatable bonds is 0. The summed E-state index contributed by atoms with van der Waals surface area (Å²) in [6.45, 7) is 12.3. The van der Waals surface area contributed by atoms with Crippen molar-refractivity contribution in [3.05, 3.63) is 63.7 Å². The number of aryl methyl sites for hydroxylation is 3. The zero-order chi connectivity index (χ0) is 18.3. The van der Waals surface area contributed by atoms with Crippen molar-refractivity contribution in [1.82, 2.24) is 4.57 Å². The van der Waals surface area contributed by atoms with Crippen molar-refractivity contribution in [1.29, 1.82) is 0 Å². The van der Waals surface area contributed by atoms with Gasteiger partial charge in [-0.3, -0.25) is 4.79 Å². The average Bonchev–Trinajstić information content (AvgIpc) is 3.03. The molecule has 0 aliphatic carbocycles. The highest BCUT2D eigenvalue weighted by Gasteiger charge is 2.26. The van der Waals surface area contributed by atoms with Gasteiger partial charge in [0.2, 0.25) is 0 Å². The first-order valence-electron chi connectivity index (χ1n) is 8.68. The lowest BCUT2D eigenvalue weighted by atomic mass is 10.0. The second kappa shape index (κ2) is 6.25. The van der Waals surface area contributed by atoms with Crippen LogP contribution in [0.15, 0.2) is 36.4 Å². The number of carbonyl (C=O) groups excluding carboxylic acids is 1. The average molecular weight is 332 g/mol. The molecular weight excluding hydrogens is 308 g/mol. The maximum atomic E-state index is 12.6. The van der Waals surface area contributed by atoms with Gasteiger partial charge in [0, 0.05) is 39.8 Å². The zero-order valence-corrected chi connectivity index (χ0v) is 15.5. The molecule has 0 spiro atoms. The molecule has 3 nitrogen and oxygen atoms in total. The van der Waals surface area contributed by atoms with E-state index in [4.69, 9.17) is 0 Å². The fraction of sp³-hybridized carbons (Fsp3) is 0.227. The Bertz CT molecular complexity index is 1100. The number of hydrogen-bond donors (Lipinski definition) is 1. The Morgan fingerprint density at radius 1 is 1.00 bits per heavy atom. The maximum absolute atomic E-state index is 12.6. The molecule has 1 N–H and O–H groups in total. The molecule has 128 valence electrons. The molecule has 3 heteroatoms. The molecule has 1 aliphatic heterocycles. The highest BCUT2D eigenvalue weighted by atomic mass is 16.2. The van der Waals surface area contributed by atoms with Gasteiger partial charge in [-0.25, -0.2) is 0 Å². The van der Waals surface area contributed by atoms with Crippen LogP contribution in [-0.2, 0) is 11.8 Å². The second-order valence-corrected chi connectivity index (χ2v) is 6.28. The van der Waals surface area contributed by atoms with Crippen molar-refractivity contribution in [3.8, 4) is 0 Å². The first-order valence-corrected chi connectivity index (χ1v) is 8.68. The molecule has 3 aromatic rings. The Balaban J connectivity index is 0.000000880. The predicted molar refractivity (Wildman–Crippen MR) is 106 cm³/mol. The minimum Gasteiger partial charge on any atom is -0.344 e. The minimum atomic E-state index is -0.0522. The zero-order valence-electron chi connectivity index (χ0n) is 15.5. The van der Waals surface area contributed by atoms with E-state index in [1.165, 1.54) is 5.56 Å². The Labute approximate surface area is 148 Å². The Kier molecular flexibility index (Phi) is 4.25. The summed E-state index contributed by atoms with van der Waals surface area (Å²) in [5.74, 6) is -0.0522. The quantitative estimate of drug-likeness (QED) is 0.673. The van der Waals surface area contributed by atoms with Gasteiger partial charge in [0.1, 0.15) is 0 Å². The predicted octanol–water partition coefficient (Wildman–Crippen LogP) is 3.38. The Morgan fingerprint density at radius 3 is 2.36 bits per heavy atom. The summed E-state index contributed by atoms with van der Waals surface area (Å²) in [5, 5.41) is 5.86. The van der Waals surface area contributed by atoms with Crippen molar-refractivity contribution < 1.29 is 4.79 Å². The molecule has 1 aromatic heterocycles. The number of benzene rings is 2. The molecule has 2 heterocycles. The van der Waals surface area contributed by atoms with E-state index in [1.54, 1.807) is 0 Å². The first kappa shape index (κ1) is 17.0. The summed E-state index contributed by atoms with van der Waals surface area (Å²) in [7, 11) is 2.00. The van der Waals surface area contributed by atoms with Gasteiger partial charge in [-0.2, -0.15) is 0 Å². The number of nitrogens with one attached hydrogen (secondary N) is 1. The normalized spacial score (nSPS) is 14.8. The lowest BCUT2D eigenvalue weighted by Gasteiger charge is -1.99. The van der Waals surface area contributed by atoms with Crippen LogP contribution in [0.5, 0.6) is 0 Å². The molecule has 25 heavy (non-hydrogen) atoms. The van der Waals surface area contributed by atoms with Crippen LogP contribution in [-0.4, -0.2) is 10.5 Å². The van der Waals surface area contributed by atoms with Crippen molar-refractivity contribution in [3.63, 3.8) is 0 Å². The van der Waals surface area contributed by atoms with Gasteiger partial charge >= 0.3 is 0 Å². The van der Waals surface area contributed by atoms with Crippen LogP contribution in [0.1, 0.15) is 30.5 Å². The molecule has 4 rings (SSSR count). The monoisotopic (exact) mass is 332 g/mol.